The molecule has 3 heteroatoms. The molecule has 106 valence electrons. The Morgan fingerprint density at radius 1 is 1.15 bits per heavy atom. The third-order valence-electron chi connectivity index (χ3n) is 3.41. The molecule has 2 aromatic rings. The first-order valence-electron chi connectivity index (χ1n) is 6.84. The van der Waals surface area contributed by atoms with E-state index < -0.39 is 0 Å². The Kier molecular flexibility index (Phi) is 5.32. The Morgan fingerprint density at radius 2 is 1.85 bits per heavy atom. The second-order valence-corrected chi connectivity index (χ2v) is 5.86. The third kappa shape index (κ3) is 3.90. The summed E-state index contributed by atoms with van der Waals surface area (Å²) < 4.78 is 14.1. The quantitative estimate of drug-likeness (QED) is 0.828. The minimum absolute atomic E-state index is 0.187. The number of halogens is 2. The number of benzene rings is 2. The molecule has 0 aliphatic carbocycles. The lowest BCUT2D eigenvalue weighted by molar-refractivity contribution is 0.546. The average molecular weight is 336 g/mol. The van der Waals surface area contributed by atoms with Gasteiger partial charge in [0.05, 0.1) is 0 Å². The molecule has 0 aliphatic heterocycles. The second kappa shape index (κ2) is 7.00. The van der Waals surface area contributed by atoms with Crippen molar-refractivity contribution in [2.45, 2.75) is 26.3 Å². The Bertz CT molecular complexity index is 566. The topological polar surface area (TPSA) is 12.0 Å². The van der Waals surface area contributed by atoms with Gasteiger partial charge in [0.2, 0.25) is 0 Å². The zero-order chi connectivity index (χ0) is 14.5. The fraction of sp³-hybridized carbons (Fsp3) is 0.294. The largest absolute Gasteiger partial charge is 0.310 e. The number of nitrogens with one attached hydrogen (secondary N) is 1. The molecule has 0 radical (unpaired) electrons. The molecular weight excluding hydrogens is 317 g/mol. The van der Waals surface area contributed by atoms with Crippen molar-refractivity contribution in [3.05, 3.63) is 69.4 Å². The normalized spacial score (nSPS) is 12.4. The molecule has 0 fully saturated rings. The van der Waals surface area contributed by atoms with E-state index in [1.807, 2.05) is 12.1 Å². The van der Waals surface area contributed by atoms with E-state index in [9.17, 15) is 4.39 Å². The van der Waals surface area contributed by atoms with Crippen molar-refractivity contribution in [3.8, 4) is 0 Å². The van der Waals surface area contributed by atoms with Crippen LogP contribution in [0, 0.1) is 12.7 Å². The summed E-state index contributed by atoms with van der Waals surface area (Å²) in [7, 11) is 0. The van der Waals surface area contributed by atoms with E-state index in [2.05, 4.69) is 53.3 Å². The van der Waals surface area contributed by atoms with Gasteiger partial charge in [-0.25, -0.2) is 4.39 Å². The highest BCUT2D eigenvalue weighted by atomic mass is 79.9. The summed E-state index contributed by atoms with van der Waals surface area (Å²) in [5.74, 6) is -0.187. The smallest absolute Gasteiger partial charge is 0.123 e. The maximum atomic E-state index is 13.0. The number of aryl methyl sites for hydroxylation is 1. The lowest BCUT2D eigenvalue weighted by Crippen LogP contribution is -2.23. The van der Waals surface area contributed by atoms with Gasteiger partial charge in [0, 0.05) is 10.5 Å². The van der Waals surface area contributed by atoms with Crippen LogP contribution in [0.15, 0.2) is 46.9 Å². The van der Waals surface area contributed by atoms with Crippen molar-refractivity contribution in [2.75, 3.05) is 6.54 Å². The predicted octanol–water partition coefficient (Wildman–Crippen LogP) is 4.79. The van der Waals surface area contributed by atoms with Gasteiger partial charge in [-0.05, 0) is 60.8 Å². The Hall–Kier alpha value is -1.19. The molecule has 0 heterocycles. The van der Waals surface area contributed by atoms with Crippen LogP contribution >= 0.6 is 15.9 Å². The second-order valence-electron chi connectivity index (χ2n) is 4.94. The molecule has 0 saturated carbocycles. The molecule has 1 N–H and O–H groups in total. The SMILES string of the molecule is CCNC(Cc1ccc(F)cc1)c1ccc(Br)cc1C. The molecule has 0 bridgehead atoms. The first-order chi connectivity index (χ1) is 9.60. The minimum Gasteiger partial charge on any atom is -0.310 e. The number of hydrogen-bond acceptors (Lipinski definition) is 1. The molecule has 1 atom stereocenters. The molecule has 0 aromatic heterocycles. The van der Waals surface area contributed by atoms with Gasteiger partial charge < -0.3 is 5.32 Å². The molecule has 0 amide bonds. The van der Waals surface area contributed by atoms with Gasteiger partial charge in [-0.15, -0.1) is 0 Å². The molecule has 2 aromatic carbocycles. The molecular formula is C17H19BrFN. The summed E-state index contributed by atoms with van der Waals surface area (Å²) in [6, 6.07) is 13.3. The number of likely N-dealkylation sites (N-methyl/N-ethyl adjacent to an activating group) is 1. The Balaban J connectivity index is 2.24. The molecule has 0 saturated heterocycles. The van der Waals surface area contributed by atoms with Crippen molar-refractivity contribution < 1.29 is 4.39 Å². The molecule has 20 heavy (non-hydrogen) atoms. The van der Waals surface area contributed by atoms with E-state index in [0.717, 1.165) is 23.0 Å². The van der Waals surface area contributed by atoms with Crippen LogP contribution < -0.4 is 5.32 Å². The predicted molar refractivity (Wildman–Crippen MR) is 85.4 cm³/mol. The first kappa shape index (κ1) is 15.2. The van der Waals surface area contributed by atoms with E-state index in [1.54, 1.807) is 0 Å². The van der Waals surface area contributed by atoms with E-state index in [4.69, 9.17) is 0 Å². The average Bonchev–Trinajstić information content (AvgIpc) is 2.41. The van der Waals surface area contributed by atoms with Crippen LogP contribution in [0.1, 0.15) is 29.7 Å². The van der Waals surface area contributed by atoms with Crippen molar-refractivity contribution in [3.63, 3.8) is 0 Å². The van der Waals surface area contributed by atoms with Gasteiger partial charge in [0.1, 0.15) is 5.82 Å². The molecule has 0 aliphatic rings. The van der Waals surface area contributed by atoms with E-state index in [0.29, 0.717) is 0 Å². The Labute approximate surface area is 128 Å². The van der Waals surface area contributed by atoms with E-state index in [1.165, 1.54) is 23.3 Å². The van der Waals surface area contributed by atoms with Gasteiger partial charge in [0.15, 0.2) is 0 Å². The number of hydrogen-bond donors (Lipinski definition) is 1. The Morgan fingerprint density at radius 3 is 2.45 bits per heavy atom. The number of rotatable bonds is 5. The van der Waals surface area contributed by atoms with Crippen LogP contribution in [0.3, 0.4) is 0 Å². The zero-order valence-corrected chi connectivity index (χ0v) is 13.4. The van der Waals surface area contributed by atoms with Crippen molar-refractivity contribution in [1.29, 1.82) is 0 Å². The fourth-order valence-electron chi connectivity index (χ4n) is 2.42. The highest BCUT2D eigenvalue weighted by Gasteiger charge is 2.13. The van der Waals surface area contributed by atoms with Crippen molar-refractivity contribution >= 4 is 15.9 Å². The van der Waals surface area contributed by atoms with Gasteiger partial charge in [-0.3, -0.25) is 0 Å². The van der Waals surface area contributed by atoms with Gasteiger partial charge in [-0.1, -0.05) is 41.1 Å². The first-order valence-corrected chi connectivity index (χ1v) is 7.63. The van der Waals surface area contributed by atoms with Crippen LogP contribution in [0.5, 0.6) is 0 Å². The van der Waals surface area contributed by atoms with Gasteiger partial charge in [0.25, 0.3) is 0 Å². The monoisotopic (exact) mass is 335 g/mol. The standard InChI is InChI=1S/C17H19BrFN/c1-3-20-17(11-13-4-7-15(19)8-5-13)16-9-6-14(18)10-12(16)2/h4-10,17,20H,3,11H2,1-2H3. The third-order valence-corrected chi connectivity index (χ3v) is 3.90. The molecule has 0 spiro atoms. The summed E-state index contributed by atoms with van der Waals surface area (Å²) >= 11 is 3.50. The van der Waals surface area contributed by atoms with E-state index >= 15 is 0 Å². The van der Waals surface area contributed by atoms with Crippen LogP contribution in [0.4, 0.5) is 4.39 Å². The van der Waals surface area contributed by atoms with Crippen molar-refractivity contribution in [1.82, 2.24) is 5.32 Å². The maximum absolute atomic E-state index is 13.0. The van der Waals surface area contributed by atoms with Gasteiger partial charge in [-0.2, -0.15) is 0 Å². The summed E-state index contributed by atoms with van der Waals surface area (Å²) in [6.45, 7) is 5.13. The van der Waals surface area contributed by atoms with Crippen LogP contribution in [0.25, 0.3) is 0 Å². The minimum atomic E-state index is -0.187. The summed E-state index contributed by atoms with van der Waals surface area (Å²) in [5, 5.41) is 3.51. The molecule has 1 nitrogen and oxygen atoms in total. The maximum Gasteiger partial charge on any atom is 0.123 e. The lowest BCUT2D eigenvalue weighted by atomic mass is 9.95. The molecule has 2 rings (SSSR count). The summed E-state index contributed by atoms with van der Waals surface area (Å²) in [4.78, 5) is 0. The fourth-order valence-corrected chi connectivity index (χ4v) is 2.90. The lowest BCUT2D eigenvalue weighted by Gasteiger charge is -2.21. The van der Waals surface area contributed by atoms with Gasteiger partial charge >= 0.3 is 0 Å². The summed E-state index contributed by atoms with van der Waals surface area (Å²) in [6.07, 6.45) is 0.858. The van der Waals surface area contributed by atoms with Crippen LogP contribution in [0.2, 0.25) is 0 Å². The van der Waals surface area contributed by atoms with Crippen LogP contribution in [-0.4, -0.2) is 6.54 Å². The van der Waals surface area contributed by atoms with Crippen molar-refractivity contribution in [2.24, 2.45) is 0 Å². The molecule has 1 unspecified atom stereocenters. The van der Waals surface area contributed by atoms with Crippen LogP contribution in [-0.2, 0) is 6.42 Å². The van der Waals surface area contributed by atoms with E-state index in [-0.39, 0.29) is 11.9 Å². The zero-order valence-electron chi connectivity index (χ0n) is 11.8. The summed E-state index contributed by atoms with van der Waals surface area (Å²) in [5.41, 5.74) is 3.69. The highest BCUT2D eigenvalue weighted by molar-refractivity contribution is 9.10. The highest BCUT2D eigenvalue weighted by Crippen LogP contribution is 2.24.